The summed E-state index contributed by atoms with van der Waals surface area (Å²) >= 11 is 0. The number of nitrogens with one attached hydrogen (secondary N) is 2. The van der Waals surface area contributed by atoms with Crippen LogP contribution in [0.25, 0.3) is 0 Å². The minimum Gasteiger partial charge on any atom is -0.493 e. The van der Waals surface area contributed by atoms with Gasteiger partial charge >= 0.3 is 0 Å². The van der Waals surface area contributed by atoms with Crippen molar-refractivity contribution < 1.29 is 19.1 Å². The van der Waals surface area contributed by atoms with E-state index in [1.54, 1.807) is 37.4 Å². The van der Waals surface area contributed by atoms with E-state index in [9.17, 15) is 9.59 Å². The normalized spacial score (nSPS) is 11.3. The lowest BCUT2D eigenvalue weighted by molar-refractivity contribution is -0.118. The summed E-state index contributed by atoms with van der Waals surface area (Å²) in [6, 6.07) is 21.9. The summed E-state index contributed by atoms with van der Waals surface area (Å²) in [5.74, 6) is 0.390. The maximum Gasteiger partial charge on any atom is 0.262 e. The van der Waals surface area contributed by atoms with Gasteiger partial charge in [0, 0.05) is 0 Å². The second-order valence-corrected chi connectivity index (χ2v) is 7.14. The fourth-order valence-corrected chi connectivity index (χ4v) is 3.11. The zero-order valence-electron chi connectivity index (χ0n) is 17.8. The molecule has 3 aromatic rings. The van der Waals surface area contributed by atoms with Crippen LogP contribution in [0.15, 0.2) is 72.8 Å². The number of benzene rings is 3. The molecule has 0 aliphatic rings. The zero-order valence-corrected chi connectivity index (χ0v) is 17.8. The molecule has 6 nitrogen and oxygen atoms in total. The van der Waals surface area contributed by atoms with E-state index in [2.05, 4.69) is 10.6 Å². The second kappa shape index (κ2) is 10.3. The third-order valence-corrected chi connectivity index (χ3v) is 4.77. The topological polar surface area (TPSA) is 76.7 Å². The molecule has 1 unspecified atom stereocenters. The molecule has 3 aromatic carbocycles. The van der Waals surface area contributed by atoms with Crippen molar-refractivity contribution in [2.45, 2.75) is 19.9 Å². The van der Waals surface area contributed by atoms with Gasteiger partial charge in [0.25, 0.3) is 11.8 Å². The Morgan fingerprint density at radius 2 is 1.65 bits per heavy atom. The molecule has 31 heavy (non-hydrogen) atoms. The van der Waals surface area contributed by atoms with E-state index in [1.807, 2.05) is 56.3 Å². The highest BCUT2D eigenvalue weighted by Gasteiger charge is 2.16. The van der Waals surface area contributed by atoms with E-state index in [0.717, 1.165) is 11.1 Å². The number of anilines is 1. The van der Waals surface area contributed by atoms with Crippen molar-refractivity contribution in [2.24, 2.45) is 0 Å². The highest BCUT2D eigenvalue weighted by Crippen LogP contribution is 2.27. The number of hydrogen-bond acceptors (Lipinski definition) is 4. The Balaban J connectivity index is 1.64. The maximum atomic E-state index is 12.8. The van der Waals surface area contributed by atoms with Crippen molar-refractivity contribution in [1.82, 2.24) is 5.32 Å². The fourth-order valence-electron chi connectivity index (χ4n) is 3.11. The summed E-state index contributed by atoms with van der Waals surface area (Å²) in [5.41, 5.74) is 2.83. The van der Waals surface area contributed by atoms with Crippen molar-refractivity contribution in [3.63, 3.8) is 0 Å². The number of methoxy groups -OCH3 is 1. The summed E-state index contributed by atoms with van der Waals surface area (Å²) < 4.78 is 10.9. The van der Waals surface area contributed by atoms with Gasteiger partial charge in [-0.2, -0.15) is 0 Å². The molecule has 0 spiro atoms. The molecule has 0 radical (unpaired) electrons. The molecular formula is C25H26N2O4. The summed E-state index contributed by atoms with van der Waals surface area (Å²) in [5, 5.41) is 5.72. The molecule has 0 heterocycles. The van der Waals surface area contributed by atoms with Gasteiger partial charge in [-0.15, -0.1) is 0 Å². The largest absolute Gasteiger partial charge is 0.493 e. The SMILES string of the molecule is COc1cc(C)ccc1OCC(=O)Nc1ccccc1C(=O)NC(C)c1ccccc1. The average molecular weight is 418 g/mol. The number of ether oxygens (including phenoxy) is 2. The number of para-hydroxylation sites is 1. The van der Waals surface area contributed by atoms with Crippen LogP contribution >= 0.6 is 0 Å². The molecule has 0 fully saturated rings. The molecule has 2 N–H and O–H groups in total. The van der Waals surface area contributed by atoms with Gasteiger partial charge in [-0.25, -0.2) is 0 Å². The van der Waals surface area contributed by atoms with E-state index < -0.39 is 0 Å². The molecule has 160 valence electrons. The number of carbonyl (C=O) groups excluding carboxylic acids is 2. The molecular weight excluding hydrogens is 392 g/mol. The Labute approximate surface area is 182 Å². The van der Waals surface area contributed by atoms with Crippen LogP contribution in [0.1, 0.15) is 34.5 Å². The smallest absolute Gasteiger partial charge is 0.262 e. The van der Waals surface area contributed by atoms with Gasteiger partial charge in [-0.3, -0.25) is 9.59 Å². The first-order chi connectivity index (χ1) is 15.0. The maximum absolute atomic E-state index is 12.8. The van der Waals surface area contributed by atoms with Crippen molar-refractivity contribution in [3.8, 4) is 11.5 Å². The molecule has 2 amide bonds. The van der Waals surface area contributed by atoms with Crippen LogP contribution in [0, 0.1) is 6.92 Å². The molecule has 0 aromatic heterocycles. The Bertz CT molecular complexity index is 1050. The first-order valence-corrected chi connectivity index (χ1v) is 10.00. The first-order valence-electron chi connectivity index (χ1n) is 10.00. The number of amides is 2. The van der Waals surface area contributed by atoms with E-state index in [-0.39, 0.29) is 24.5 Å². The van der Waals surface area contributed by atoms with Crippen molar-refractivity contribution >= 4 is 17.5 Å². The van der Waals surface area contributed by atoms with Crippen molar-refractivity contribution in [1.29, 1.82) is 0 Å². The minimum atomic E-state index is -0.376. The summed E-state index contributed by atoms with van der Waals surface area (Å²) in [6.45, 7) is 3.65. The monoisotopic (exact) mass is 418 g/mol. The van der Waals surface area contributed by atoms with Gasteiger partial charge in [-0.05, 0) is 49.2 Å². The molecule has 0 aliphatic heterocycles. The standard InChI is InChI=1S/C25H26N2O4/c1-17-13-14-22(23(15-17)30-3)31-16-24(28)27-21-12-8-7-11-20(21)25(29)26-18(2)19-9-5-4-6-10-19/h4-15,18H,16H2,1-3H3,(H,26,29)(H,27,28). The van der Waals surface area contributed by atoms with Gasteiger partial charge in [-0.1, -0.05) is 48.5 Å². The third-order valence-electron chi connectivity index (χ3n) is 4.77. The fraction of sp³-hybridized carbons (Fsp3) is 0.200. The van der Waals surface area contributed by atoms with Crippen LogP contribution in [0.3, 0.4) is 0 Å². The van der Waals surface area contributed by atoms with Crippen LogP contribution in [0.4, 0.5) is 5.69 Å². The Hall–Kier alpha value is -3.80. The summed E-state index contributed by atoms with van der Waals surface area (Å²) in [4.78, 5) is 25.3. The van der Waals surface area contributed by atoms with Crippen molar-refractivity contribution in [3.05, 3.63) is 89.5 Å². The average Bonchev–Trinajstić information content (AvgIpc) is 2.79. The van der Waals surface area contributed by atoms with Crippen molar-refractivity contribution in [2.75, 3.05) is 19.0 Å². The Kier molecular flexibility index (Phi) is 7.27. The predicted octanol–water partition coefficient (Wildman–Crippen LogP) is 4.51. The quantitative estimate of drug-likeness (QED) is 0.564. The molecule has 0 saturated carbocycles. The number of aryl methyl sites for hydroxylation is 1. The van der Waals surface area contributed by atoms with E-state index in [4.69, 9.17) is 9.47 Å². The summed E-state index contributed by atoms with van der Waals surface area (Å²) in [6.07, 6.45) is 0. The molecule has 0 saturated heterocycles. The number of rotatable bonds is 8. The zero-order chi connectivity index (χ0) is 22.2. The predicted molar refractivity (Wildman–Crippen MR) is 121 cm³/mol. The van der Waals surface area contributed by atoms with Gasteiger partial charge in [0.05, 0.1) is 24.4 Å². The molecule has 3 rings (SSSR count). The van der Waals surface area contributed by atoms with Crippen LogP contribution in [-0.2, 0) is 4.79 Å². The second-order valence-electron chi connectivity index (χ2n) is 7.14. The lowest BCUT2D eigenvalue weighted by Gasteiger charge is -2.16. The molecule has 6 heteroatoms. The molecule has 0 aliphatic carbocycles. The number of carbonyl (C=O) groups is 2. The third kappa shape index (κ3) is 5.85. The van der Waals surface area contributed by atoms with Gasteiger partial charge in [0.1, 0.15) is 0 Å². The highest BCUT2D eigenvalue weighted by atomic mass is 16.5. The lowest BCUT2D eigenvalue weighted by atomic mass is 10.1. The molecule has 0 bridgehead atoms. The van der Waals surface area contributed by atoms with Gasteiger partial charge in [0.2, 0.25) is 0 Å². The van der Waals surface area contributed by atoms with Crippen LogP contribution in [0.5, 0.6) is 11.5 Å². The highest BCUT2D eigenvalue weighted by molar-refractivity contribution is 6.04. The van der Waals surface area contributed by atoms with E-state index >= 15 is 0 Å². The minimum absolute atomic E-state index is 0.171. The number of hydrogen-bond donors (Lipinski definition) is 2. The van der Waals surface area contributed by atoms with E-state index in [1.165, 1.54) is 0 Å². The van der Waals surface area contributed by atoms with Crippen LogP contribution in [0.2, 0.25) is 0 Å². The first kappa shape index (κ1) is 21.9. The van der Waals surface area contributed by atoms with Crippen LogP contribution in [-0.4, -0.2) is 25.5 Å². The Morgan fingerprint density at radius 1 is 0.935 bits per heavy atom. The lowest BCUT2D eigenvalue weighted by Crippen LogP contribution is -2.28. The van der Waals surface area contributed by atoms with Gasteiger partial charge in [0.15, 0.2) is 18.1 Å². The van der Waals surface area contributed by atoms with E-state index in [0.29, 0.717) is 22.7 Å². The Morgan fingerprint density at radius 3 is 2.39 bits per heavy atom. The van der Waals surface area contributed by atoms with Gasteiger partial charge < -0.3 is 20.1 Å². The van der Waals surface area contributed by atoms with Crippen LogP contribution < -0.4 is 20.1 Å². The summed E-state index contributed by atoms with van der Waals surface area (Å²) in [7, 11) is 1.55. The molecule has 1 atom stereocenters.